The number of hydrogen-bond acceptors (Lipinski definition) is 16. The van der Waals surface area contributed by atoms with E-state index in [1.807, 2.05) is 0 Å². The van der Waals surface area contributed by atoms with E-state index in [4.69, 9.17) is 59.6 Å². The Morgan fingerprint density at radius 2 is 0.821 bits per heavy atom. The van der Waals surface area contributed by atoms with Gasteiger partial charge in [0.15, 0.2) is 0 Å². The smallest absolute Gasteiger partial charge is 0.442 e. The Balaban J connectivity index is -0.000000392. The molecule has 0 spiro atoms. The number of hydroxylamine groups is 4. The van der Waals surface area contributed by atoms with Gasteiger partial charge >= 0.3 is 24.4 Å². The summed E-state index contributed by atoms with van der Waals surface area (Å²) in [6, 6.07) is 0. The summed E-state index contributed by atoms with van der Waals surface area (Å²) in [4.78, 5) is 63.6. The molecule has 0 bridgehead atoms. The minimum atomic E-state index is -0.981. The Bertz CT molecular complexity index is 1140. The summed E-state index contributed by atoms with van der Waals surface area (Å²) in [5.41, 5.74) is 18.1. The van der Waals surface area contributed by atoms with Gasteiger partial charge in [-0.25, -0.2) is 19.2 Å². The molecule has 24 heteroatoms. The van der Waals surface area contributed by atoms with Gasteiger partial charge < -0.3 is 38.9 Å². The number of nitrogens with two attached hydrogens (primary N) is 1. The van der Waals surface area contributed by atoms with E-state index in [0.29, 0.717) is 43.0 Å². The number of amides is 4. The van der Waals surface area contributed by atoms with Gasteiger partial charge in [0.2, 0.25) is 0 Å². The fourth-order valence-electron chi connectivity index (χ4n) is 2.69. The predicted molar refractivity (Wildman–Crippen MR) is 211 cm³/mol. The quantitative estimate of drug-likeness (QED) is 0.0264. The molecule has 0 aromatic carbocycles. The van der Waals surface area contributed by atoms with E-state index in [2.05, 4.69) is 36.0 Å². The van der Waals surface area contributed by atoms with Crippen LogP contribution in [0.4, 0.5) is 19.2 Å². The Morgan fingerprint density at radius 1 is 0.536 bits per heavy atom. The molecule has 0 aliphatic heterocycles. The molecule has 0 heterocycles. The van der Waals surface area contributed by atoms with Gasteiger partial charge in [-0.3, -0.25) is 9.68 Å². The summed E-state index contributed by atoms with van der Waals surface area (Å²) in [6.45, 7) is 23.0. The first-order chi connectivity index (χ1) is 25.3. The predicted octanol–water partition coefficient (Wildman–Crippen LogP) is 7.61. The molecule has 0 saturated carbocycles. The molecule has 0 aliphatic carbocycles. The Kier molecular flexibility index (Phi) is 34.6. The van der Waals surface area contributed by atoms with Gasteiger partial charge in [0.1, 0.15) is 22.4 Å². The fraction of sp³-hybridized carbons (Fsp3) is 0.875. The van der Waals surface area contributed by atoms with E-state index in [-0.39, 0.29) is 52.0 Å². The highest BCUT2D eigenvalue weighted by atomic mass is 79.9. The molecule has 0 aromatic heterocycles. The number of azide groups is 2. The van der Waals surface area contributed by atoms with Crippen LogP contribution in [0.15, 0.2) is 10.2 Å². The summed E-state index contributed by atoms with van der Waals surface area (Å²) in [6.07, 6.45) is -3.85. The number of rotatable bonds is 18. The second kappa shape index (κ2) is 32.7. The molecule has 0 fully saturated rings. The average molecular weight is 897 g/mol. The number of hydrogen-bond donors (Lipinski definition) is 1. The highest BCUT2D eigenvalue weighted by molar-refractivity contribution is 9.09. The molecule has 0 rings (SSSR count). The first-order valence-electron chi connectivity index (χ1n) is 17.1. The van der Waals surface area contributed by atoms with Crippen molar-refractivity contribution in [2.75, 3.05) is 77.8 Å². The van der Waals surface area contributed by atoms with Gasteiger partial charge in [0, 0.05) is 34.8 Å². The zero-order valence-electron chi connectivity index (χ0n) is 34.7. The lowest BCUT2D eigenvalue weighted by Gasteiger charge is -2.27. The van der Waals surface area contributed by atoms with E-state index in [1.165, 1.54) is 0 Å². The summed E-state index contributed by atoms with van der Waals surface area (Å²) >= 11 is 3.19. The van der Waals surface area contributed by atoms with E-state index in [0.717, 1.165) is 5.33 Å². The van der Waals surface area contributed by atoms with Crippen molar-refractivity contribution < 1.29 is 62.0 Å². The fourth-order valence-corrected chi connectivity index (χ4v) is 2.92. The van der Waals surface area contributed by atoms with Crippen molar-refractivity contribution in [1.82, 2.24) is 10.1 Å². The maximum atomic E-state index is 12.1. The summed E-state index contributed by atoms with van der Waals surface area (Å²) in [7, 11) is 0. The molecule has 0 radical (unpaired) electrons. The van der Waals surface area contributed by atoms with Crippen molar-refractivity contribution >= 4 is 52.7 Å². The lowest BCUT2D eigenvalue weighted by atomic mass is 10.2. The van der Waals surface area contributed by atoms with Gasteiger partial charge in [-0.1, -0.05) is 36.3 Å². The number of carbonyl (C=O) groups excluding carboxylic acids is 4. The second-order valence-electron chi connectivity index (χ2n) is 14.4. The molecule has 56 heavy (non-hydrogen) atoms. The number of imide groups is 2. The largest absolute Gasteiger partial charge is 0.444 e. The van der Waals surface area contributed by atoms with Gasteiger partial charge in [0.25, 0.3) is 0 Å². The molecular formula is C32H63BrClN9O13. The molecule has 0 atom stereocenters. The topological polar surface area (TPSA) is 281 Å². The minimum Gasteiger partial charge on any atom is -0.442 e. The molecule has 2 N–H and O–H groups in total. The van der Waals surface area contributed by atoms with Crippen LogP contribution in [0.2, 0.25) is 0 Å². The molecular weight excluding hydrogens is 834 g/mol. The Labute approximate surface area is 344 Å². The van der Waals surface area contributed by atoms with Crippen LogP contribution in [0, 0.1) is 0 Å². The number of halogens is 2. The minimum absolute atomic E-state index is 0. The summed E-state index contributed by atoms with van der Waals surface area (Å²) in [5, 5.41) is 8.29. The standard InChI is InChI=1S/C14H26N4O6.C14H28N2O6.C4H8BrN3O.ClH/c1-13(2,3)23-11(19)18(12(20)24-14(4,5)6)22-10-9-21-8-7-16-17-15;1-13(2,3)21-11(17)16(12(18)22-14(4,5)6)20-10-9-19-8-7-15;5-1-3-9-4-2-7-8-6;/h7-10H2,1-6H3;7-10,15H2,1-6H3;1-4H2;1H. The van der Waals surface area contributed by atoms with Crippen LogP contribution in [0.3, 0.4) is 0 Å². The Morgan fingerprint density at radius 3 is 1.07 bits per heavy atom. The normalized spacial score (nSPS) is 11.0. The summed E-state index contributed by atoms with van der Waals surface area (Å²) in [5.74, 6) is 0. The average Bonchev–Trinajstić information content (AvgIpc) is 3.01. The van der Waals surface area contributed by atoms with E-state index in [1.54, 1.807) is 83.1 Å². The van der Waals surface area contributed by atoms with E-state index < -0.39 is 46.8 Å². The third-order valence-corrected chi connectivity index (χ3v) is 4.74. The van der Waals surface area contributed by atoms with Crippen molar-refractivity contribution in [3.8, 4) is 0 Å². The monoisotopic (exact) mass is 895 g/mol. The molecule has 0 unspecified atom stereocenters. The van der Waals surface area contributed by atoms with E-state index >= 15 is 0 Å². The SMILES string of the molecule is CC(C)(C)OC(=O)N(OCCOCCN)C(=O)OC(C)(C)C.CC(C)(C)OC(=O)N(OCCOCCN=[N+]=[N-])C(=O)OC(C)(C)C.Cl.[N-]=[N+]=NCCOCCBr. The van der Waals surface area contributed by atoms with Crippen LogP contribution in [0.25, 0.3) is 20.9 Å². The van der Waals surface area contributed by atoms with Crippen molar-refractivity contribution in [2.24, 2.45) is 16.0 Å². The Hall–Kier alpha value is -3.37. The van der Waals surface area contributed by atoms with Gasteiger partial charge in [-0.2, -0.15) is 0 Å². The molecule has 4 amide bonds. The van der Waals surface area contributed by atoms with Crippen molar-refractivity contribution in [2.45, 2.75) is 105 Å². The number of nitrogens with zero attached hydrogens (tertiary/aromatic N) is 8. The number of alkyl halides is 1. The maximum Gasteiger partial charge on any atom is 0.444 e. The van der Waals surface area contributed by atoms with Crippen molar-refractivity contribution in [1.29, 1.82) is 0 Å². The van der Waals surface area contributed by atoms with E-state index in [9.17, 15) is 19.2 Å². The van der Waals surface area contributed by atoms with Crippen LogP contribution in [0.1, 0.15) is 83.1 Å². The number of carbonyl (C=O) groups is 4. The highest BCUT2D eigenvalue weighted by Gasteiger charge is 2.34. The maximum absolute atomic E-state index is 12.1. The van der Waals surface area contributed by atoms with Crippen molar-refractivity contribution in [3.63, 3.8) is 0 Å². The van der Waals surface area contributed by atoms with Gasteiger partial charge in [-0.15, -0.1) is 12.4 Å². The zero-order valence-corrected chi connectivity index (χ0v) is 37.1. The van der Waals surface area contributed by atoms with Crippen LogP contribution in [-0.4, -0.2) is 135 Å². The van der Waals surface area contributed by atoms with Crippen molar-refractivity contribution in [3.05, 3.63) is 20.9 Å². The first-order valence-corrected chi connectivity index (χ1v) is 18.2. The first kappa shape index (κ1) is 59.3. The zero-order chi connectivity index (χ0) is 43.1. The van der Waals surface area contributed by atoms with Gasteiger partial charge in [0.05, 0.1) is 52.9 Å². The van der Waals surface area contributed by atoms with Crippen LogP contribution in [0.5, 0.6) is 0 Å². The molecule has 0 saturated heterocycles. The highest BCUT2D eigenvalue weighted by Crippen LogP contribution is 2.16. The number of ether oxygens (including phenoxy) is 7. The molecule has 328 valence electrons. The van der Waals surface area contributed by atoms with Crippen LogP contribution in [-0.2, 0) is 42.8 Å². The lowest BCUT2D eigenvalue weighted by Crippen LogP contribution is -2.44. The lowest BCUT2D eigenvalue weighted by molar-refractivity contribution is -0.147. The van der Waals surface area contributed by atoms with Crippen LogP contribution >= 0.6 is 28.3 Å². The van der Waals surface area contributed by atoms with Gasteiger partial charge in [-0.05, 0) is 94.1 Å². The third-order valence-electron chi connectivity index (χ3n) is 4.41. The second-order valence-corrected chi connectivity index (χ2v) is 15.2. The third kappa shape index (κ3) is 41.8. The molecule has 22 nitrogen and oxygen atoms in total. The summed E-state index contributed by atoms with van der Waals surface area (Å²) < 4.78 is 35.7. The molecule has 0 aromatic rings. The molecule has 0 aliphatic rings. The van der Waals surface area contributed by atoms with Crippen LogP contribution < -0.4 is 5.73 Å².